The maximum Gasteiger partial charge on any atom is 0.292 e. The molecule has 0 unspecified atom stereocenters. The van der Waals surface area contributed by atoms with E-state index in [9.17, 15) is 9.59 Å². The Morgan fingerprint density at radius 2 is 2.07 bits per heavy atom. The fraction of sp³-hybridized carbons (Fsp3) is 0.650. The number of carbonyl (C=O) groups excluding carboxylic acids is 2. The summed E-state index contributed by atoms with van der Waals surface area (Å²) in [4.78, 5) is 32.9. The Kier molecular flexibility index (Phi) is 3.93. The molecule has 3 atom stereocenters. The molecule has 8 nitrogen and oxygen atoms in total. The third-order valence-corrected chi connectivity index (χ3v) is 7.11. The maximum atomic E-state index is 13.4. The first kappa shape index (κ1) is 17.6. The van der Waals surface area contributed by atoms with Gasteiger partial charge in [-0.25, -0.2) is 4.98 Å². The number of aromatic nitrogens is 4. The molecule has 0 spiro atoms. The second-order valence-electron chi connectivity index (χ2n) is 8.54. The molecule has 5 rings (SSSR count). The van der Waals surface area contributed by atoms with E-state index < -0.39 is 5.41 Å². The van der Waals surface area contributed by atoms with Crippen molar-refractivity contribution in [1.82, 2.24) is 29.8 Å². The molecule has 1 aliphatic carbocycles. The predicted octanol–water partition coefficient (Wildman–Crippen LogP) is 1.87. The van der Waals surface area contributed by atoms with Crippen molar-refractivity contribution in [1.29, 1.82) is 0 Å². The molecular weight excluding hydrogens is 356 g/mol. The van der Waals surface area contributed by atoms with Crippen LogP contribution in [-0.2, 0) is 4.79 Å². The van der Waals surface area contributed by atoms with Crippen LogP contribution >= 0.6 is 0 Å². The lowest BCUT2D eigenvalue weighted by Crippen LogP contribution is -2.53. The normalized spacial score (nSPS) is 29.3. The van der Waals surface area contributed by atoms with Crippen molar-refractivity contribution in [2.75, 3.05) is 0 Å². The van der Waals surface area contributed by atoms with Gasteiger partial charge < -0.3 is 10.2 Å². The van der Waals surface area contributed by atoms with Crippen LogP contribution in [0.5, 0.6) is 0 Å². The minimum atomic E-state index is -0.483. The fourth-order valence-electron chi connectivity index (χ4n) is 5.29. The van der Waals surface area contributed by atoms with Crippen LogP contribution in [0.1, 0.15) is 68.2 Å². The van der Waals surface area contributed by atoms with Gasteiger partial charge in [0, 0.05) is 30.0 Å². The lowest BCUT2D eigenvalue weighted by Gasteiger charge is -2.38. The summed E-state index contributed by atoms with van der Waals surface area (Å²) in [5.74, 6) is 0.704. The van der Waals surface area contributed by atoms with Crippen molar-refractivity contribution in [3.8, 4) is 0 Å². The number of nitrogens with one attached hydrogen (secondary N) is 1. The van der Waals surface area contributed by atoms with Crippen molar-refractivity contribution >= 4 is 17.6 Å². The fourth-order valence-corrected chi connectivity index (χ4v) is 5.29. The number of aryl methyl sites for hydroxylation is 1. The summed E-state index contributed by atoms with van der Waals surface area (Å²) in [7, 11) is 0. The van der Waals surface area contributed by atoms with E-state index in [0.29, 0.717) is 11.8 Å². The molecule has 3 aliphatic rings. The van der Waals surface area contributed by atoms with Crippen molar-refractivity contribution in [3.63, 3.8) is 0 Å². The van der Waals surface area contributed by atoms with Gasteiger partial charge in [-0.3, -0.25) is 14.0 Å². The molecule has 1 N–H and O–H groups in total. The topological polar surface area (TPSA) is 92.5 Å². The van der Waals surface area contributed by atoms with Crippen molar-refractivity contribution in [2.45, 2.75) is 76.9 Å². The van der Waals surface area contributed by atoms with E-state index in [0.717, 1.165) is 44.2 Å². The summed E-state index contributed by atoms with van der Waals surface area (Å²) >= 11 is 0. The Bertz CT molecular complexity index is 951. The van der Waals surface area contributed by atoms with Crippen LogP contribution in [-0.4, -0.2) is 54.4 Å². The number of hydrogen-bond acceptors (Lipinski definition) is 5. The highest BCUT2D eigenvalue weighted by atomic mass is 16.2. The first-order valence-corrected chi connectivity index (χ1v) is 10.4. The average molecular weight is 382 g/mol. The second-order valence-corrected chi connectivity index (χ2v) is 8.54. The molecule has 2 amide bonds. The van der Waals surface area contributed by atoms with Gasteiger partial charge in [-0.2, -0.15) is 0 Å². The van der Waals surface area contributed by atoms with Gasteiger partial charge in [0.05, 0.1) is 5.41 Å². The third kappa shape index (κ3) is 2.39. The maximum absolute atomic E-state index is 13.4. The average Bonchev–Trinajstić information content (AvgIpc) is 3.34. The Morgan fingerprint density at radius 1 is 1.25 bits per heavy atom. The Morgan fingerprint density at radius 3 is 2.79 bits per heavy atom. The summed E-state index contributed by atoms with van der Waals surface area (Å²) in [6.45, 7) is 3.95. The van der Waals surface area contributed by atoms with E-state index in [1.54, 1.807) is 10.6 Å². The van der Waals surface area contributed by atoms with Crippen molar-refractivity contribution in [3.05, 3.63) is 23.8 Å². The number of carbonyl (C=O) groups is 2. The highest BCUT2D eigenvalue weighted by molar-refractivity contribution is 5.94. The minimum absolute atomic E-state index is 0.0687. The first-order valence-electron chi connectivity index (χ1n) is 10.4. The van der Waals surface area contributed by atoms with E-state index in [-0.39, 0.29) is 29.7 Å². The van der Waals surface area contributed by atoms with Gasteiger partial charge in [0.2, 0.25) is 11.7 Å². The predicted molar refractivity (Wildman–Crippen MR) is 102 cm³/mol. The summed E-state index contributed by atoms with van der Waals surface area (Å²) in [6, 6.07) is 2.18. The molecule has 2 aromatic rings. The molecule has 2 aromatic heterocycles. The van der Waals surface area contributed by atoms with Crippen LogP contribution < -0.4 is 5.32 Å². The number of fused-ring (bicyclic) bond motifs is 3. The monoisotopic (exact) mass is 382 g/mol. The minimum Gasteiger partial charge on any atom is -0.353 e. The molecule has 4 heterocycles. The summed E-state index contributed by atoms with van der Waals surface area (Å²) < 4.78 is 1.65. The molecule has 0 aromatic carbocycles. The Hall–Kier alpha value is -2.51. The molecule has 2 aliphatic heterocycles. The van der Waals surface area contributed by atoms with Crippen LogP contribution in [0.3, 0.4) is 0 Å². The van der Waals surface area contributed by atoms with Crippen molar-refractivity contribution in [2.24, 2.45) is 5.41 Å². The van der Waals surface area contributed by atoms with Gasteiger partial charge in [0.1, 0.15) is 0 Å². The number of nitrogens with zero attached hydrogens (tertiary/aromatic N) is 5. The number of hydrogen-bond donors (Lipinski definition) is 1. The van der Waals surface area contributed by atoms with Gasteiger partial charge in [-0.05, 0) is 57.9 Å². The molecule has 0 radical (unpaired) electrons. The lowest BCUT2D eigenvalue weighted by molar-refractivity contribution is -0.134. The zero-order valence-electron chi connectivity index (χ0n) is 16.4. The second kappa shape index (κ2) is 6.25. The van der Waals surface area contributed by atoms with Crippen LogP contribution in [0.25, 0.3) is 5.78 Å². The van der Waals surface area contributed by atoms with E-state index in [1.165, 1.54) is 6.42 Å². The first-order chi connectivity index (χ1) is 13.5. The van der Waals surface area contributed by atoms with E-state index >= 15 is 0 Å². The zero-order valence-corrected chi connectivity index (χ0v) is 16.4. The van der Waals surface area contributed by atoms with Gasteiger partial charge in [-0.15, -0.1) is 10.2 Å². The smallest absolute Gasteiger partial charge is 0.292 e. The molecular formula is C20H26N6O2. The Balaban J connectivity index is 1.45. The highest BCUT2D eigenvalue weighted by Crippen LogP contribution is 2.52. The molecule has 8 heteroatoms. The molecule has 148 valence electrons. The SMILES string of the molecule is CC[C@]1(C(=O)NC2CCC2)C[C@H]2CC[C@@H]1N2C(=O)c1nnc2nc(C)ccn12. The largest absolute Gasteiger partial charge is 0.353 e. The zero-order chi connectivity index (χ0) is 19.5. The van der Waals surface area contributed by atoms with Crippen LogP contribution in [0.2, 0.25) is 0 Å². The molecule has 2 bridgehead atoms. The van der Waals surface area contributed by atoms with Crippen LogP contribution in [0.15, 0.2) is 12.3 Å². The third-order valence-electron chi connectivity index (χ3n) is 7.11. The molecule has 3 fully saturated rings. The summed E-state index contributed by atoms with van der Waals surface area (Å²) in [5.41, 5.74) is 0.349. The van der Waals surface area contributed by atoms with E-state index in [2.05, 4.69) is 27.4 Å². The highest BCUT2D eigenvalue weighted by Gasteiger charge is 2.60. The standard InChI is InChI=1S/C20H26N6O2/c1-3-20(18(28)22-13-5-4-6-13)11-14-7-8-15(20)26(14)17(27)16-23-24-19-21-12(2)9-10-25(16)19/h9-10,13-15H,3-8,11H2,1-2H3,(H,22,28)/t14-,15+,20+/m1/s1. The lowest BCUT2D eigenvalue weighted by atomic mass is 9.70. The van der Waals surface area contributed by atoms with Crippen molar-refractivity contribution < 1.29 is 9.59 Å². The summed E-state index contributed by atoms with van der Waals surface area (Å²) in [6.07, 6.45) is 8.43. The van der Waals surface area contributed by atoms with Crippen LogP contribution in [0.4, 0.5) is 0 Å². The van der Waals surface area contributed by atoms with Crippen LogP contribution in [0, 0.1) is 12.3 Å². The molecule has 1 saturated carbocycles. The quantitative estimate of drug-likeness (QED) is 0.871. The Labute approximate surface area is 163 Å². The summed E-state index contributed by atoms with van der Waals surface area (Å²) in [5, 5.41) is 11.4. The molecule has 28 heavy (non-hydrogen) atoms. The number of rotatable bonds is 4. The van der Waals surface area contributed by atoms with Gasteiger partial charge in [-0.1, -0.05) is 6.92 Å². The van der Waals surface area contributed by atoms with E-state index in [1.807, 2.05) is 17.9 Å². The van der Waals surface area contributed by atoms with Gasteiger partial charge in [0.25, 0.3) is 11.7 Å². The van der Waals surface area contributed by atoms with Gasteiger partial charge in [0.15, 0.2) is 0 Å². The van der Waals surface area contributed by atoms with E-state index in [4.69, 9.17) is 0 Å². The number of amides is 2. The molecule has 2 saturated heterocycles. The van der Waals surface area contributed by atoms with Gasteiger partial charge >= 0.3 is 0 Å².